The minimum Gasteiger partial charge on any atom is -0.0613 e. The first-order valence-corrected chi connectivity index (χ1v) is 6.48. The third-order valence-corrected chi connectivity index (χ3v) is 4.11. The van der Waals surface area contributed by atoms with Gasteiger partial charge in [-0.05, 0) is 71.5 Å². The summed E-state index contributed by atoms with van der Waals surface area (Å²) in [5.41, 5.74) is 5.52. The average Bonchev–Trinajstić information content (AvgIpc) is 2.35. The predicted octanol–water partition coefficient (Wildman–Crippen LogP) is 5.23. The SMILES string of the molecule is Cc1ccc2c(c(C)cc3c(C)cccc32)c1C. The second kappa shape index (κ2) is 3.84. The summed E-state index contributed by atoms with van der Waals surface area (Å²) in [7, 11) is 0. The maximum atomic E-state index is 2.33. The fraction of sp³-hybridized carbons (Fsp3) is 0.222. The van der Waals surface area contributed by atoms with Gasteiger partial charge in [-0.25, -0.2) is 0 Å². The third-order valence-electron chi connectivity index (χ3n) is 4.11. The second-order valence-corrected chi connectivity index (χ2v) is 5.29. The number of hydrogen-bond acceptors (Lipinski definition) is 0. The molecule has 90 valence electrons. The number of benzene rings is 3. The molecule has 0 N–H and O–H groups in total. The summed E-state index contributed by atoms with van der Waals surface area (Å²) < 4.78 is 0. The highest BCUT2D eigenvalue weighted by Gasteiger charge is 2.08. The molecule has 0 spiro atoms. The molecule has 0 fully saturated rings. The number of hydrogen-bond donors (Lipinski definition) is 0. The van der Waals surface area contributed by atoms with Crippen LogP contribution in [-0.2, 0) is 0 Å². The van der Waals surface area contributed by atoms with E-state index < -0.39 is 0 Å². The second-order valence-electron chi connectivity index (χ2n) is 5.29. The van der Waals surface area contributed by atoms with Crippen LogP contribution < -0.4 is 0 Å². The van der Waals surface area contributed by atoms with Crippen LogP contribution in [0.15, 0.2) is 36.4 Å². The monoisotopic (exact) mass is 234 g/mol. The fourth-order valence-corrected chi connectivity index (χ4v) is 2.94. The van der Waals surface area contributed by atoms with Gasteiger partial charge >= 0.3 is 0 Å². The van der Waals surface area contributed by atoms with Crippen molar-refractivity contribution in [2.75, 3.05) is 0 Å². The smallest absolute Gasteiger partial charge is 0.00998 e. The van der Waals surface area contributed by atoms with Crippen LogP contribution in [0.4, 0.5) is 0 Å². The highest BCUT2D eigenvalue weighted by Crippen LogP contribution is 2.33. The van der Waals surface area contributed by atoms with Crippen molar-refractivity contribution < 1.29 is 0 Å². The zero-order valence-electron chi connectivity index (χ0n) is 11.5. The number of fused-ring (bicyclic) bond motifs is 3. The van der Waals surface area contributed by atoms with Crippen LogP contribution in [0.3, 0.4) is 0 Å². The number of rotatable bonds is 0. The summed E-state index contributed by atoms with van der Waals surface area (Å²) in [6.07, 6.45) is 0. The topological polar surface area (TPSA) is 0 Å². The molecule has 0 amide bonds. The van der Waals surface area contributed by atoms with E-state index >= 15 is 0 Å². The van der Waals surface area contributed by atoms with E-state index in [0.717, 1.165) is 0 Å². The van der Waals surface area contributed by atoms with E-state index in [1.54, 1.807) is 0 Å². The molecule has 0 heteroatoms. The first-order valence-electron chi connectivity index (χ1n) is 6.48. The van der Waals surface area contributed by atoms with Crippen LogP contribution in [-0.4, -0.2) is 0 Å². The molecule has 0 atom stereocenters. The molecule has 0 radical (unpaired) electrons. The predicted molar refractivity (Wildman–Crippen MR) is 80.4 cm³/mol. The van der Waals surface area contributed by atoms with Crippen molar-refractivity contribution >= 4 is 21.5 Å². The molecule has 0 aromatic heterocycles. The quantitative estimate of drug-likeness (QED) is 0.467. The third kappa shape index (κ3) is 1.45. The molecule has 0 bridgehead atoms. The van der Waals surface area contributed by atoms with Crippen molar-refractivity contribution in [2.45, 2.75) is 27.7 Å². The molecule has 3 aromatic carbocycles. The summed E-state index contributed by atoms with van der Waals surface area (Å²) in [5, 5.41) is 5.56. The molecule has 0 nitrogen and oxygen atoms in total. The molecule has 3 aromatic rings. The van der Waals surface area contributed by atoms with Crippen LogP contribution in [0.2, 0.25) is 0 Å². The van der Waals surface area contributed by atoms with Crippen molar-refractivity contribution in [3.05, 3.63) is 58.7 Å². The van der Waals surface area contributed by atoms with Crippen molar-refractivity contribution in [3.8, 4) is 0 Å². The summed E-state index contributed by atoms with van der Waals surface area (Å²) in [4.78, 5) is 0. The molecule has 0 saturated heterocycles. The lowest BCUT2D eigenvalue weighted by molar-refractivity contribution is 1.36. The van der Waals surface area contributed by atoms with Gasteiger partial charge < -0.3 is 0 Å². The Bertz CT molecular complexity index is 764. The van der Waals surface area contributed by atoms with Gasteiger partial charge in [-0.2, -0.15) is 0 Å². The van der Waals surface area contributed by atoms with Crippen molar-refractivity contribution in [3.63, 3.8) is 0 Å². The molecule has 0 heterocycles. The van der Waals surface area contributed by atoms with Gasteiger partial charge in [0.05, 0.1) is 0 Å². The maximum Gasteiger partial charge on any atom is -0.00998 e. The van der Waals surface area contributed by atoms with E-state index in [0.29, 0.717) is 0 Å². The zero-order chi connectivity index (χ0) is 12.9. The van der Waals surface area contributed by atoms with E-state index in [2.05, 4.69) is 64.1 Å². The van der Waals surface area contributed by atoms with Crippen molar-refractivity contribution in [1.82, 2.24) is 0 Å². The van der Waals surface area contributed by atoms with Gasteiger partial charge in [-0.3, -0.25) is 0 Å². The molecular weight excluding hydrogens is 216 g/mol. The summed E-state index contributed by atoms with van der Waals surface area (Å²) >= 11 is 0. The minimum atomic E-state index is 1.36. The Labute approximate surface area is 108 Å². The van der Waals surface area contributed by atoms with Crippen LogP contribution in [0.1, 0.15) is 22.3 Å². The number of aryl methyl sites for hydroxylation is 4. The summed E-state index contributed by atoms with van der Waals surface area (Å²) in [6, 6.07) is 13.4. The van der Waals surface area contributed by atoms with Crippen LogP contribution >= 0.6 is 0 Å². The Morgan fingerprint density at radius 3 is 2.17 bits per heavy atom. The van der Waals surface area contributed by atoms with Gasteiger partial charge in [-0.15, -0.1) is 0 Å². The van der Waals surface area contributed by atoms with E-state index in [-0.39, 0.29) is 0 Å². The van der Waals surface area contributed by atoms with E-state index in [1.165, 1.54) is 43.8 Å². The zero-order valence-corrected chi connectivity index (χ0v) is 11.5. The van der Waals surface area contributed by atoms with Crippen molar-refractivity contribution in [1.29, 1.82) is 0 Å². The van der Waals surface area contributed by atoms with Gasteiger partial charge in [0.15, 0.2) is 0 Å². The minimum absolute atomic E-state index is 1.36. The summed E-state index contributed by atoms with van der Waals surface area (Å²) in [6.45, 7) is 8.83. The molecule has 0 unspecified atom stereocenters. The van der Waals surface area contributed by atoms with Gasteiger partial charge in [0.25, 0.3) is 0 Å². The molecule has 0 aliphatic heterocycles. The van der Waals surface area contributed by atoms with Crippen molar-refractivity contribution in [2.24, 2.45) is 0 Å². The molecule has 0 aliphatic rings. The molecule has 0 aliphatic carbocycles. The Morgan fingerprint density at radius 2 is 1.39 bits per heavy atom. The highest BCUT2D eigenvalue weighted by molar-refractivity contribution is 6.11. The Kier molecular flexibility index (Phi) is 2.41. The first kappa shape index (κ1) is 11.3. The molecular formula is C18H18. The Morgan fingerprint density at radius 1 is 0.611 bits per heavy atom. The van der Waals surface area contributed by atoms with Gasteiger partial charge in [0.1, 0.15) is 0 Å². The van der Waals surface area contributed by atoms with Gasteiger partial charge in [-0.1, -0.05) is 36.4 Å². The lowest BCUT2D eigenvalue weighted by Crippen LogP contribution is -1.90. The van der Waals surface area contributed by atoms with Crippen LogP contribution in [0.5, 0.6) is 0 Å². The van der Waals surface area contributed by atoms with Gasteiger partial charge in [0.2, 0.25) is 0 Å². The van der Waals surface area contributed by atoms with E-state index in [1.807, 2.05) is 0 Å². The molecule has 0 saturated carbocycles. The van der Waals surface area contributed by atoms with E-state index in [4.69, 9.17) is 0 Å². The fourth-order valence-electron chi connectivity index (χ4n) is 2.94. The summed E-state index contributed by atoms with van der Waals surface area (Å²) in [5.74, 6) is 0. The largest absolute Gasteiger partial charge is 0.0613 e. The standard InChI is InChI=1S/C18H18/c1-11-8-9-16-15-7-5-6-12(2)17(15)10-13(3)18(16)14(11)4/h5-10H,1-4H3. The van der Waals surface area contributed by atoms with Gasteiger partial charge in [0, 0.05) is 0 Å². The van der Waals surface area contributed by atoms with Crippen LogP contribution in [0, 0.1) is 27.7 Å². The lowest BCUT2D eigenvalue weighted by Gasteiger charge is -2.13. The molecule has 18 heavy (non-hydrogen) atoms. The highest BCUT2D eigenvalue weighted by atomic mass is 14.1. The van der Waals surface area contributed by atoms with Crippen LogP contribution in [0.25, 0.3) is 21.5 Å². The Hall–Kier alpha value is -1.82. The Balaban J connectivity index is 2.64. The first-order chi connectivity index (χ1) is 8.59. The van der Waals surface area contributed by atoms with E-state index in [9.17, 15) is 0 Å². The maximum absolute atomic E-state index is 2.33. The average molecular weight is 234 g/mol. The normalized spacial score (nSPS) is 11.3. The molecule has 3 rings (SSSR count). The lowest BCUT2D eigenvalue weighted by atomic mass is 9.91.